The first-order valence-corrected chi connectivity index (χ1v) is 10.3. The van der Waals surface area contributed by atoms with Gasteiger partial charge in [0.25, 0.3) is 11.8 Å². The van der Waals surface area contributed by atoms with Gasteiger partial charge in [-0.25, -0.2) is 4.98 Å². The fraction of sp³-hybridized carbons (Fsp3) is 0.227. The molecule has 2 amide bonds. The number of rotatable bonds is 5. The number of amides is 2. The van der Waals surface area contributed by atoms with Gasteiger partial charge < -0.3 is 19.5 Å². The number of carbonyl (C=O) groups excluding carboxylic acids is 2. The molecule has 0 aliphatic carbocycles. The van der Waals surface area contributed by atoms with E-state index in [9.17, 15) is 9.59 Å². The number of hydrogen-bond acceptors (Lipinski definition) is 7. The van der Waals surface area contributed by atoms with Crippen molar-refractivity contribution in [3.8, 4) is 28.5 Å². The number of hydrogen-bond donors (Lipinski definition) is 2. The average molecular weight is 439 g/mol. The molecule has 160 valence electrons. The number of anilines is 2. The van der Waals surface area contributed by atoms with Gasteiger partial charge in [0.1, 0.15) is 22.8 Å². The zero-order valence-electron chi connectivity index (χ0n) is 17.4. The molecule has 0 spiro atoms. The van der Waals surface area contributed by atoms with Crippen LogP contribution in [0.5, 0.6) is 17.2 Å². The van der Waals surface area contributed by atoms with Crippen LogP contribution in [-0.2, 0) is 4.79 Å². The molecule has 1 aliphatic rings. The third-order valence-electron chi connectivity index (χ3n) is 4.86. The first-order valence-electron chi connectivity index (χ1n) is 9.53. The minimum Gasteiger partial charge on any atom is -0.496 e. The van der Waals surface area contributed by atoms with Crippen molar-refractivity contribution in [2.24, 2.45) is 0 Å². The van der Waals surface area contributed by atoms with Crippen molar-refractivity contribution in [1.29, 1.82) is 0 Å². The second-order valence-electron chi connectivity index (χ2n) is 6.88. The molecule has 1 aromatic heterocycles. The smallest absolute Gasteiger partial charge is 0.265 e. The lowest BCUT2D eigenvalue weighted by Gasteiger charge is -2.23. The lowest BCUT2D eigenvalue weighted by molar-refractivity contribution is -0.122. The molecule has 0 saturated heterocycles. The zero-order chi connectivity index (χ0) is 22.1. The van der Waals surface area contributed by atoms with Crippen LogP contribution in [0.2, 0.25) is 0 Å². The summed E-state index contributed by atoms with van der Waals surface area (Å²) < 4.78 is 16.2. The maximum Gasteiger partial charge on any atom is 0.265 e. The molecule has 0 unspecified atom stereocenters. The van der Waals surface area contributed by atoms with Crippen molar-refractivity contribution in [3.05, 3.63) is 46.8 Å². The fourth-order valence-electron chi connectivity index (χ4n) is 3.31. The highest BCUT2D eigenvalue weighted by molar-refractivity contribution is 7.16. The Hall–Kier alpha value is -3.59. The number of benzene rings is 2. The van der Waals surface area contributed by atoms with Crippen molar-refractivity contribution in [2.75, 3.05) is 24.9 Å². The lowest BCUT2D eigenvalue weighted by atomic mass is 10.1. The predicted octanol–water partition coefficient (Wildman–Crippen LogP) is 4.11. The summed E-state index contributed by atoms with van der Waals surface area (Å²) in [7, 11) is 2.99. The number of aromatic nitrogens is 1. The van der Waals surface area contributed by atoms with E-state index in [-0.39, 0.29) is 11.8 Å². The van der Waals surface area contributed by atoms with E-state index in [1.807, 2.05) is 19.1 Å². The summed E-state index contributed by atoms with van der Waals surface area (Å²) in [6.07, 6.45) is -0.534. The molecule has 8 nitrogen and oxygen atoms in total. The number of nitrogens with zero attached hydrogens (tertiary/aromatic N) is 1. The number of methoxy groups -OCH3 is 2. The van der Waals surface area contributed by atoms with E-state index in [1.165, 1.54) is 25.6 Å². The largest absolute Gasteiger partial charge is 0.496 e. The van der Waals surface area contributed by atoms with Crippen LogP contribution in [-0.4, -0.2) is 37.1 Å². The van der Waals surface area contributed by atoms with Crippen LogP contribution in [0.4, 0.5) is 10.8 Å². The van der Waals surface area contributed by atoms with Gasteiger partial charge in [0.05, 0.1) is 25.6 Å². The number of carbonyl (C=O) groups is 2. The van der Waals surface area contributed by atoms with E-state index in [1.54, 1.807) is 31.2 Å². The zero-order valence-corrected chi connectivity index (χ0v) is 18.3. The maximum atomic E-state index is 12.9. The van der Waals surface area contributed by atoms with Gasteiger partial charge in [0.2, 0.25) is 0 Å². The van der Waals surface area contributed by atoms with Crippen molar-refractivity contribution < 1.29 is 23.8 Å². The molecule has 31 heavy (non-hydrogen) atoms. The van der Waals surface area contributed by atoms with Gasteiger partial charge >= 0.3 is 0 Å². The van der Waals surface area contributed by atoms with Crippen molar-refractivity contribution in [2.45, 2.75) is 20.0 Å². The van der Waals surface area contributed by atoms with E-state index in [4.69, 9.17) is 14.2 Å². The first-order chi connectivity index (χ1) is 14.9. The van der Waals surface area contributed by atoms with Crippen LogP contribution < -0.4 is 24.8 Å². The van der Waals surface area contributed by atoms with Gasteiger partial charge in [0, 0.05) is 10.4 Å². The highest BCUT2D eigenvalue weighted by Gasteiger charge is 2.25. The van der Waals surface area contributed by atoms with E-state index in [0.29, 0.717) is 39.3 Å². The number of fused-ring (bicyclic) bond motifs is 1. The van der Waals surface area contributed by atoms with Crippen LogP contribution in [0.15, 0.2) is 36.4 Å². The summed E-state index contributed by atoms with van der Waals surface area (Å²) in [5, 5.41) is 6.11. The number of ether oxygens (including phenoxy) is 3. The fourth-order valence-corrected chi connectivity index (χ4v) is 4.14. The highest BCUT2D eigenvalue weighted by atomic mass is 32.1. The normalized spacial score (nSPS) is 14.8. The minimum atomic E-state index is -0.534. The second-order valence-corrected chi connectivity index (χ2v) is 8.08. The second kappa shape index (κ2) is 8.27. The summed E-state index contributed by atoms with van der Waals surface area (Å²) in [4.78, 5) is 30.3. The Kier molecular flexibility index (Phi) is 5.51. The Morgan fingerprint density at radius 2 is 1.90 bits per heavy atom. The summed E-state index contributed by atoms with van der Waals surface area (Å²) in [5.74, 6) is 0.851. The van der Waals surface area contributed by atoms with Gasteiger partial charge in [-0.15, -0.1) is 11.3 Å². The summed E-state index contributed by atoms with van der Waals surface area (Å²) in [6.45, 7) is 3.62. The van der Waals surface area contributed by atoms with Crippen molar-refractivity contribution in [1.82, 2.24) is 4.98 Å². The van der Waals surface area contributed by atoms with Crippen molar-refractivity contribution >= 4 is 34.0 Å². The van der Waals surface area contributed by atoms with E-state index < -0.39 is 6.10 Å². The Balaban J connectivity index is 1.62. The SMILES string of the molecule is COc1cccc(OC)c1C(=O)Nc1nc(-c2ccc3c(c2)NC(=O)[C@@H](C)O3)c(C)s1. The number of thiazole rings is 1. The average Bonchev–Trinajstić information content (AvgIpc) is 3.13. The third kappa shape index (κ3) is 3.91. The molecule has 1 atom stereocenters. The van der Waals surface area contributed by atoms with E-state index >= 15 is 0 Å². The van der Waals surface area contributed by atoms with Crippen LogP contribution in [0, 0.1) is 6.92 Å². The molecule has 0 radical (unpaired) electrons. The molecule has 0 bridgehead atoms. The summed E-state index contributed by atoms with van der Waals surface area (Å²) >= 11 is 1.35. The Morgan fingerprint density at radius 1 is 1.19 bits per heavy atom. The molecule has 0 saturated carbocycles. The molecule has 1 aliphatic heterocycles. The quantitative estimate of drug-likeness (QED) is 0.621. The van der Waals surface area contributed by atoms with Crippen LogP contribution in [0.25, 0.3) is 11.3 Å². The molecular weight excluding hydrogens is 418 g/mol. The molecular formula is C22H21N3O5S. The monoisotopic (exact) mass is 439 g/mol. The van der Waals surface area contributed by atoms with Gasteiger partial charge in [-0.05, 0) is 44.2 Å². The van der Waals surface area contributed by atoms with Gasteiger partial charge in [-0.1, -0.05) is 6.07 Å². The first kappa shape index (κ1) is 20.7. The van der Waals surface area contributed by atoms with Gasteiger partial charge in [-0.2, -0.15) is 0 Å². The van der Waals surface area contributed by atoms with Crippen LogP contribution >= 0.6 is 11.3 Å². The molecule has 2 aromatic carbocycles. The van der Waals surface area contributed by atoms with Crippen molar-refractivity contribution in [3.63, 3.8) is 0 Å². The lowest BCUT2D eigenvalue weighted by Crippen LogP contribution is -2.34. The van der Waals surface area contributed by atoms with Gasteiger partial charge in [0.15, 0.2) is 11.2 Å². The molecule has 2 heterocycles. The summed E-state index contributed by atoms with van der Waals surface area (Å²) in [6, 6.07) is 10.6. The molecule has 0 fully saturated rings. The Morgan fingerprint density at radius 3 is 2.58 bits per heavy atom. The minimum absolute atomic E-state index is 0.196. The Bertz CT molecular complexity index is 1150. The van der Waals surface area contributed by atoms with E-state index in [0.717, 1.165) is 10.4 Å². The van der Waals surface area contributed by atoms with Crippen LogP contribution in [0.1, 0.15) is 22.2 Å². The van der Waals surface area contributed by atoms with Crippen LogP contribution in [0.3, 0.4) is 0 Å². The number of aryl methyl sites for hydroxylation is 1. The molecule has 2 N–H and O–H groups in total. The molecule has 9 heteroatoms. The van der Waals surface area contributed by atoms with E-state index in [2.05, 4.69) is 15.6 Å². The Labute approximate surface area is 183 Å². The standard InChI is InChI=1S/C22H21N3O5S/c1-11-20(26)23-14-10-13(8-9-15(14)30-11)19-12(2)31-22(24-19)25-21(27)18-16(28-3)6-5-7-17(18)29-4/h5-11H,1-4H3,(H,23,26)(H,24,25,27)/t11-/m1/s1. The number of nitrogens with one attached hydrogen (secondary N) is 2. The highest BCUT2D eigenvalue weighted by Crippen LogP contribution is 2.37. The maximum absolute atomic E-state index is 12.9. The predicted molar refractivity (Wildman–Crippen MR) is 119 cm³/mol. The summed E-state index contributed by atoms with van der Waals surface area (Å²) in [5.41, 5.74) is 2.41. The molecule has 3 aromatic rings. The topological polar surface area (TPSA) is 98.8 Å². The van der Waals surface area contributed by atoms with Gasteiger partial charge in [-0.3, -0.25) is 14.9 Å². The third-order valence-corrected chi connectivity index (χ3v) is 5.74. The molecule has 4 rings (SSSR count).